The quantitative estimate of drug-likeness (QED) is 0.548. The minimum absolute atomic E-state index is 0.0317. The van der Waals surface area contributed by atoms with Crippen molar-refractivity contribution in [2.45, 2.75) is 46.2 Å². The number of aryl methyl sites for hydroxylation is 2. The van der Waals surface area contributed by atoms with Gasteiger partial charge in [-0.1, -0.05) is 13.8 Å². The van der Waals surface area contributed by atoms with Gasteiger partial charge in [0, 0.05) is 32.5 Å². The van der Waals surface area contributed by atoms with E-state index in [4.69, 9.17) is 5.73 Å². The van der Waals surface area contributed by atoms with Crippen molar-refractivity contribution in [2.75, 3.05) is 6.54 Å². The molecule has 0 fully saturated rings. The zero-order valence-corrected chi connectivity index (χ0v) is 12.7. The zero-order chi connectivity index (χ0) is 16.0. The third kappa shape index (κ3) is 5.50. The molecule has 0 spiro atoms. The van der Waals surface area contributed by atoms with Crippen molar-refractivity contribution < 1.29 is 9.72 Å². The van der Waals surface area contributed by atoms with Gasteiger partial charge < -0.3 is 25.7 Å². The minimum Gasteiger partial charge on any atom is -0.358 e. The summed E-state index contributed by atoms with van der Waals surface area (Å²) >= 11 is 0. The van der Waals surface area contributed by atoms with Crippen LogP contribution in [-0.4, -0.2) is 33.0 Å². The van der Waals surface area contributed by atoms with Crippen molar-refractivity contribution in [1.82, 2.24) is 14.9 Å². The maximum Gasteiger partial charge on any atom is 0.381 e. The lowest BCUT2D eigenvalue weighted by Crippen LogP contribution is -2.41. The lowest BCUT2D eigenvalue weighted by Gasteiger charge is -2.18. The maximum atomic E-state index is 11.9. The zero-order valence-electron chi connectivity index (χ0n) is 12.7. The van der Waals surface area contributed by atoms with E-state index in [1.807, 2.05) is 0 Å². The molecule has 0 aliphatic rings. The number of hydrogen-bond donors (Lipinski definition) is 2. The number of nitrogens with two attached hydrogens (primary N) is 1. The second-order valence-electron chi connectivity index (χ2n) is 5.48. The van der Waals surface area contributed by atoms with E-state index in [0.717, 1.165) is 6.42 Å². The smallest absolute Gasteiger partial charge is 0.358 e. The summed E-state index contributed by atoms with van der Waals surface area (Å²) in [5.41, 5.74) is 5.63. The van der Waals surface area contributed by atoms with E-state index >= 15 is 0 Å². The molecule has 0 radical (unpaired) electrons. The number of nitrogens with one attached hydrogen (secondary N) is 1. The summed E-state index contributed by atoms with van der Waals surface area (Å²) in [7, 11) is 0. The molecule has 0 bridgehead atoms. The van der Waals surface area contributed by atoms with E-state index < -0.39 is 4.92 Å². The van der Waals surface area contributed by atoms with Crippen molar-refractivity contribution in [3.05, 3.63) is 22.1 Å². The van der Waals surface area contributed by atoms with Crippen LogP contribution in [0.5, 0.6) is 0 Å². The second-order valence-corrected chi connectivity index (χ2v) is 5.48. The highest BCUT2D eigenvalue weighted by Crippen LogP contribution is 2.11. The minimum atomic E-state index is -0.545. The van der Waals surface area contributed by atoms with Crippen LogP contribution in [0, 0.1) is 23.0 Å². The first-order valence-corrected chi connectivity index (χ1v) is 7.01. The molecule has 0 saturated heterocycles. The summed E-state index contributed by atoms with van der Waals surface area (Å²) in [5.74, 6) is 0.666. The molecule has 1 heterocycles. The molecule has 1 amide bonds. The molecule has 1 aromatic heterocycles. The summed E-state index contributed by atoms with van der Waals surface area (Å²) in [6.45, 7) is 6.58. The number of rotatable bonds is 8. The molecule has 1 rings (SSSR count). The molecular weight excluding hydrogens is 274 g/mol. The Balaban J connectivity index is 2.51. The van der Waals surface area contributed by atoms with Crippen LogP contribution in [0.3, 0.4) is 0 Å². The van der Waals surface area contributed by atoms with Gasteiger partial charge in [0.25, 0.3) is 0 Å². The van der Waals surface area contributed by atoms with Crippen LogP contribution < -0.4 is 11.1 Å². The third-order valence-electron chi connectivity index (χ3n) is 3.14. The fourth-order valence-electron chi connectivity index (χ4n) is 2.11. The van der Waals surface area contributed by atoms with Crippen LogP contribution in [0.15, 0.2) is 6.20 Å². The highest BCUT2D eigenvalue weighted by Gasteiger charge is 2.17. The number of carbonyl (C=O) groups excluding carboxylic acids is 1. The van der Waals surface area contributed by atoms with Crippen molar-refractivity contribution in [2.24, 2.45) is 11.7 Å². The van der Waals surface area contributed by atoms with Gasteiger partial charge in [-0.2, -0.15) is 0 Å². The molecule has 1 aromatic rings. The molecule has 1 unspecified atom stereocenters. The first-order valence-electron chi connectivity index (χ1n) is 7.01. The second kappa shape index (κ2) is 7.72. The number of carbonyl (C=O) groups is 1. The van der Waals surface area contributed by atoms with Crippen LogP contribution in [0.1, 0.15) is 32.5 Å². The molecule has 0 aromatic carbocycles. The van der Waals surface area contributed by atoms with Crippen molar-refractivity contribution in [3.8, 4) is 0 Å². The predicted octanol–water partition coefficient (Wildman–Crippen LogP) is 0.979. The van der Waals surface area contributed by atoms with E-state index in [1.54, 1.807) is 11.5 Å². The Morgan fingerprint density at radius 1 is 1.57 bits per heavy atom. The molecule has 3 N–H and O–H groups in total. The summed E-state index contributed by atoms with van der Waals surface area (Å²) in [6.07, 6.45) is 2.41. The number of nitrogens with zero attached hydrogens (tertiary/aromatic N) is 3. The van der Waals surface area contributed by atoms with E-state index in [9.17, 15) is 14.9 Å². The third-order valence-corrected chi connectivity index (χ3v) is 3.14. The monoisotopic (exact) mass is 297 g/mol. The number of aromatic nitrogens is 2. The number of amides is 1. The van der Waals surface area contributed by atoms with Gasteiger partial charge >= 0.3 is 5.82 Å². The van der Waals surface area contributed by atoms with Crippen molar-refractivity contribution >= 4 is 11.7 Å². The number of nitro groups is 1. The van der Waals surface area contributed by atoms with Crippen LogP contribution in [0.2, 0.25) is 0 Å². The first-order chi connectivity index (χ1) is 9.83. The fourth-order valence-corrected chi connectivity index (χ4v) is 2.11. The van der Waals surface area contributed by atoms with Gasteiger partial charge in [0.2, 0.25) is 11.7 Å². The van der Waals surface area contributed by atoms with Gasteiger partial charge in [-0.3, -0.25) is 4.79 Å². The Morgan fingerprint density at radius 2 is 2.24 bits per heavy atom. The van der Waals surface area contributed by atoms with E-state index in [0.29, 0.717) is 24.8 Å². The average Bonchev–Trinajstić information content (AvgIpc) is 2.76. The van der Waals surface area contributed by atoms with Gasteiger partial charge in [0.05, 0.1) is 0 Å². The Labute approximate surface area is 123 Å². The first kappa shape index (κ1) is 17.1. The normalized spacial score (nSPS) is 12.4. The Kier molecular flexibility index (Phi) is 6.29. The van der Waals surface area contributed by atoms with Crippen molar-refractivity contribution in [1.29, 1.82) is 0 Å². The number of imidazole rings is 1. The summed E-state index contributed by atoms with van der Waals surface area (Å²) in [4.78, 5) is 25.8. The molecule has 8 nitrogen and oxygen atoms in total. The summed E-state index contributed by atoms with van der Waals surface area (Å²) < 4.78 is 1.61. The summed E-state index contributed by atoms with van der Waals surface area (Å²) in [6, 6.07) is -0.0317. The van der Waals surface area contributed by atoms with Gasteiger partial charge in [-0.05, 0) is 22.2 Å². The number of hydrogen-bond acceptors (Lipinski definition) is 5. The lowest BCUT2D eigenvalue weighted by atomic mass is 10.0. The van der Waals surface area contributed by atoms with Crippen molar-refractivity contribution in [3.63, 3.8) is 0 Å². The largest absolute Gasteiger partial charge is 0.381 e. The van der Waals surface area contributed by atoms with E-state index in [-0.39, 0.29) is 24.2 Å². The van der Waals surface area contributed by atoms with E-state index in [1.165, 1.54) is 6.20 Å². The van der Waals surface area contributed by atoms with Gasteiger partial charge in [-0.15, -0.1) is 0 Å². The Morgan fingerprint density at radius 3 is 2.71 bits per heavy atom. The average molecular weight is 297 g/mol. The highest BCUT2D eigenvalue weighted by atomic mass is 16.6. The van der Waals surface area contributed by atoms with Crippen LogP contribution in [0.25, 0.3) is 0 Å². The molecule has 21 heavy (non-hydrogen) atoms. The van der Waals surface area contributed by atoms with Crippen LogP contribution >= 0.6 is 0 Å². The molecule has 0 aliphatic carbocycles. The highest BCUT2D eigenvalue weighted by molar-refractivity contribution is 5.76. The standard InChI is InChI=1S/C13H23N5O3/c1-9(2)6-11(7-14)16-13(19)4-5-17-8-12(18(20)21)15-10(17)3/h8-9,11H,4-7,14H2,1-3H3,(H,16,19). The van der Waals surface area contributed by atoms with Gasteiger partial charge in [-0.25, -0.2) is 0 Å². The van der Waals surface area contributed by atoms with Crippen LogP contribution in [0.4, 0.5) is 5.82 Å². The van der Waals surface area contributed by atoms with Gasteiger partial charge in [0.1, 0.15) is 6.20 Å². The maximum absolute atomic E-state index is 11.9. The molecule has 118 valence electrons. The van der Waals surface area contributed by atoms with Gasteiger partial charge in [0.15, 0.2) is 0 Å². The summed E-state index contributed by atoms with van der Waals surface area (Å²) in [5, 5.41) is 13.5. The lowest BCUT2D eigenvalue weighted by molar-refractivity contribution is -0.389. The molecular formula is C13H23N5O3. The fraction of sp³-hybridized carbons (Fsp3) is 0.692. The van der Waals surface area contributed by atoms with E-state index in [2.05, 4.69) is 24.1 Å². The Bertz CT molecular complexity index is 498. The molecule has 1 atom stereocenters. The molecule has 0 aliphatic heterocycles. The van der Waals surface area contributed by atoms with Crippen LogP contribution in [-0.2, 0) is 11.3 Å². The molecule has 0 saturated carbocycles. The SMILES string of the molecule is Cc1nc([N+](=O)[O-])cn1CCC(=O)NC(CN)CC(C)C. The molecule has 8 heteroatoms. The Hall–Kier alpha value is -1.96. The predicted molar refractivity (Wildman–Crippen MR) is 78.7 cm³/mol. The topological polar surface area (TPSA) is 116 Å².